The second kappa shape index (κ2) is 8.48. The van der Waals surface area contributed by atoms with E-state index in [1.165, 1.54) is 0 Å². The monoisotopic (exact) mass is 242 g/mol. The second-order valence-corrected chi connectivity index (χ2v) is 4.73. The summed E-state index contributed by atoms with van der Waals surface area (Å²) in [4.78, 5) is 11.4. The molecule has 0 aliphatic carbocycles. The van der Waals surface area contributed by atoms with Crippen LogP contribution in [0.4, 0.5) is 0 Å². The lowest BCUT2D eigenvalue weighted by molar-refractivity contribution is -0.120. The minimum atomic E-state index is 0.102. The molecule has 2 N–H and O–H groups in total. The highest BCUT2D eigenvalue weighted by molar-refractivity contribution is 5.77. The number of hydrogen-bond donors (Lipinski definition) is 2. The van der Waals surface area contributed by atoms with Crippen molar-refractivity contribution in [2.24, 2.45) is 0 Å². The predicted octanol–water partition coefficient (Wildman–Crippen LogP) is 1.45. The van der Waals surface area contributed by atoms with Crippen molar-refractivity contribution in [2.75, 3.05) is 19.7 Å². The summed E-state index contributed by atoms with van der Waals surface area (Å²) in [5.41, 5.74) is 0. The maximum atomic E-state index is 11.4. The van der Waals surface area contributed by atoms with Gasteiger partial charge in [-0.15, -0.1) is 0 Å². The molecule has 2 atom stereocenters. The molecule has 0 radical (unpaired) electrons. The minimum absolute atomic E-state index is 0.102. The molecule has 0 aromatic heterocycles. The molecule has 2 unspecified atom stereocenters. The standard InChI is InChI=1S/C13H26N2O2/c1-3-5-12-9-11(6-8-17-12)15-10-13(16)14-7-4-2/h11-12,15H,3-10H2,1-2H3,(H,14,16). The second-order valence-electron chi connectivity index (χ2n) is 4.73. The van der Waals surface area contributed by atoms with Gasteiger partial charge in [0.1, 0.15) is 0 Å². The Morgan fingerprint density at radius 1 is 1.35 bits per heavy atom. The van der Waals surface area contributed by atoms with E-state index in [0.717, 1.165) is 45.3 Å². The molecule has 4 nitrogen and oxygen atoms in total. The Hall–Kier alpha value is -0.610. The third-order valence-electron chi connectivity index (χ3n) is 3.10. The summed E-state index contributed by atoms with van der Waals surface area (Å²) in [6, 6.07) is 0.438. The van der Waals surface area contributed by atoms with E-state index in [1.807, 2.05) is 0 Å². The van der Waals surface area contributed by atoms with Crippen molar-refractivity contribution in [3.63, 3.8) is 0 Å². The molecule has 17 heavy (non-hydrogen) atoms. The van der Waals surface area contributed by atoms with Crippen molar-refractivity contribution in [3.05, 3.63) is 0 Å². The summed E-state index contributed by atoms with van der Waals surface area (Å²) in [6.07, 6.45) is 5.71. The Balaban J connectivity index is 2.15. The number of amides is 1. The van der Waals surface area contributed by atoms with Gasteiger partial charge in [-0.1, -0.05) is 20.3 Å². The van der Waals surface area contributed by atoms with Crippen LogP contribution in [-0.2, 0) is 9.53 Å². The average molecular weight is 242 g/mol. The third-order valence-corrected chi connectivity index (χ3v) is 3.10. The van der Waals surface area contributed by atoms with Crippen LogP contribution in [0.15, 0.2) is 0 Å². The quantitative estimate of drug-likeness (QED) is 0.710. The topological polar surface area (TPSA) is 50.4 Å². The molecular formula is C13H26N2O2. The van der Waals surface area contributed by atoms with Crippen LogP contribution in [-0.4, -0.2) is 37.7 Å². The van der Waals surface area contributed by atoms with Gasteiger partial charge in [-0.2, -0.15) is 0 Å². The average Bonchev–Trinajstić information content (AvgIpc) is 2.35. The van der Waals surface area contributed by atoms with Gasteiger partial charge in [0, 0.05) is 19.2 Å². The summed E-state index contributed by atoms with van der Waals surface area (Å²) < 4.78 is 5.68. The Morgan fingerprint density at radius 3 is 2.88 bits per heavy atom. The van der Waals surface area contributed by atoms with Crippen LogP contribution in [0.3, 0.4) is 0 Å². The fourth-order valence-electron chi connectivity index (χ4n) is 2.15. The number of carbonyl (C=O) groups is 1. The highest BCUT2D eigenvalue weighted by Crippen LogP contribution is 2.17. The molecule has 0 saturated carbocycles. The number of nitrogens with one attached hydrogen (secondary N) is 2. The number of carbonyl (C=O) groups excluding carboxylic acids is 1. The minimum Gasteiger partial charge on any atom is -0.378 e. The molecule has 1 rings (SSSR count). The first kappa shape index (κ1) is 14.5. The van der Waals surface area contributed by atoms with Gasteiger partial charge in [0.25, 0.3) is 0 Å². The SMILES string of the molecule is CCCNC(=O)CNC1CCOC(CCC)C1. The summed E-state index contributed by atoms with van der Waals surface area (Å²) in [5.74, 6) is 0.102. The third kappa shape index (κ3) is 6.03. The van der Waals surface area contributed by atoms with E-state index < -0.39 is 0 Å². The van der Waals surface area contributed by atoms with Crippen LogP contribution < -0.4 is 10.6 Å². The molecule has 100 valence electrons. The lowest BCUT2D eigenvalue weighted by atomic mass is 10.0. The molecule has 4 heteroatoms. The lowest BCUT2D eigenvalue weighted by Gasteiger charge is -2.30. The Labute approximate surface area is 104 Å². The van der Waals surface area contributed by atoms with E-state index in [2.05, 4.69) is 24.5 Å². The zero-order valence-corrected chi connectivity index (χ0v) is 11.1. The van der Waals surface area contributed by atoms with Crippen molar-refractivity contribution >= 4 is 5.91 Å². The van der Waals surface area contributed by atoms with Crippen LogP contribution in [0.2, 0.25) is 0 Å². The summed E-state index contributed by atoms with van der Waals surface area (Å²) in [6.45, 7) is 6.26. The molecule has 0 aromatic rings. The zero-order chi connectivity index (χ0) is 12.5. The van der Waals surface area contributed by atoms with E-state index >= 15 is 0 Å². The van der Waals surface area contributed by atoms with Gasteiger partial charge in [0.15, 0.2) is 0 Å². The summed E-state index contributed by atoms with van der Waals surface area (Å²) >= 11 is 0. The number of ether oxygens (including phenoxy) is 1. The Kier molecular flexibility index (Phi) is 7.21. The van der Waals surface area contributed by atoms with Gasteiger partial charge in [-0.3, -0.25) is 4.79 Å². The summed E-state index contributed by atoms with van der Waals surface area (Å²) in [7, 11) is 0. The molecule has 1 aliphatic heterocycles. The van der Waals surface area contributed by atoms with Crippen LogP contribution >= 0.6 is 0 Å². The highest BCUT2D eigenvalue weighted by atomic mass is 16.5. The van der Waals surface area contributed by atoms with Gasteiger partial charge in [-0.25, -0.2) is 0 Å². The number of hydrogen-bond acceptors (Lipinski definition) is 3. The lowest BCUT2D eigenvalue weighted by Crippen LogP contribution is -2.43. The largest absolute Gasteiger partial charge is 0.378 e. The van der Waals surface area contributed by atoms with Crippen molar-refractivity contribution in [1.29, 1.82) is 0 Å². The van der Waals surface area contributed by atoms with Crippen molar-refractivity contribution < 1.29 is 9.53 Å². The van der Waals surface area contributed by atoms with Gasteiger partial charge in [-0.05, 0) is 25.7 Å². The normalized spacial score (nSPS) is 24.6. The van der Waals surface area contributed by atoms with E-state index in [4.69, 9.17) is 4.74 Å². The highest BCUT2D eigenvalue weighted by Gasteiger charge is 2.21. The Morgan fingerprint density at radius 2 is 2.18 bits per heavy atom. The van der Waals surface area contributed by atoms with E-state index in [9.17, 15) is 4.79 Å². The van der Waals surface area contributed by atoms with E-state index in [-0.39, 0.29) is 5.91 Å². The first-order valence-electron chi connectivity index (χ1n) is 6.88. The molecule has 0 bridgehead atoms. The van der Waals surface area contributed by atoms with Crippen molar-refractivity contribution in [2.45, 2.75) is 58.1 Å². The van der Waals surface area contributed by atoms with Crippen molar-refractivity contribution in [3.8, 4) is 0 Å². The maximum Gasteiger partial charge on any atom is 0.233 e. The zero-order valence-electron chi connectivity index (χ0n) is 11.1. The van der Waals surface area contributed by atoms with Crippen LogP contribution in [0.25, 0.3) is 0 Å². The van der Waals surface area contributed by atoms with Crippen LogP contribution in [0, 0.1) is 0 Å². The van der Waals surface area contributed by atoms with Gasteiger partial charge in [0.05, 0.1) is 12.6 Å². The molecule has 0 aromatic carbocycles. The molecule has 1 aliphatic rings. The fraction of sp³-hybridized carbons (Fsp3) is 0.923. The molecule has 1 fully saturated rings. The smallest absolute Gasteiger partial charge is 0.233 e. The van der Waals surface area contributed by atoms with E-state index in [0.29, 0.717) is 18.7 Å². The van der Waals surface area contributed by atoms with Gasteiger partial charge < -0.3 is 15.4 Å². The van der Waals surface area contributed by atoms with E-state index in [1.54, 1.807) is 0 Å². The van der Waals surface area contributed by atoms with Crippen LogP contribution in [0.5, 0.6) is 0 Å². The number of rotatable bonds is 7. The molecule has 0 spiro atoms. The van der Waals surface area contributed by atoms with Gasteiger partial charge in [0.2, 0.25) is 5.91 Å². The van der Waals surface area contributed by atoms with Crippen molar-refractivity contribution in [1.82, 2.24) is 10.6 Å². The first-order chi connectivity index (χ1) is 8.26. The molecule has 1 heterocycles. The molecular weight excluding hydrogens is 216 g/mol. The first-order valence-corrected chi connectivity index (χ1v) is 6.88. The van der Waals surface area contributed by atoms with Gasteiger partial charge >= 0.3 is 0 Å². The molecule has 1 amide bonds. The maximum absolute atomic E-state index is 11.4. The fourth-order valence-corrected chi connectivity index (χ4v) is 2.15. The molecule has 1 saturated heterocycles. The summed E-state index contributed by atoms with van der Waals surface area (Å²) in [5, 5.41) is 6.20. The predicted molar refractivity (Wildman–Crippen MR) is 69.0 cm³/mol. The van der Waals surface area contributed by atoms with Crippen LogP contribution in [0.1, 0.15) is 46.0 Å². The Bertz CT molecular complexity index is 219.